The topological polar surface area (TPSA) is 84.0 Å². The van der Waals surface area contributed by atoms with E-state index in [1.54, 1.807) is 24.3 Å². The molecule has 0 N–H and O–H groups in total. The van der Waals surface area contributed by atoms with E-state index in [-0.39, 0.29) is 17.9 Å². The minimum absolute atomic E-state index is 0.0813. The Hall–Kier alpha value is -3.27. The van der Waals surface area contributed by atoms with Gasteiger partial charge in [0.1, 0.15) is 17.6 Å². The molecule has 3 aromatic carbocycles. The van der Waals surface area contributed by atoms with Crippen LogP contribution in [0, 0.1) is 5.82 Å². The highest BCUT2D eigenvalue weighted by atomic mass is 35.5. The molecule has 0 spiro atoms. The van der Waals surface area contributed by atoms with E-state index in [9.17, 15) is 22.4 Å². The highest BCUT2D eigenvalue weighted by molar-refractivity contribution is 7.89. The Bertz CT molecular complexity index is 1310. The van der Waals surface area contributed by atoms with Crippen molar-refractivity contribution >= 4 is 39.1 Å². The van der Waals surface area contributed by atoms with E-state index in [2.05, 4.69) is 0 Å². The highest BCUT2D eigenvalue weighted by Crippen LogP contribution is 2.31. The van der Waals surface area contributed by atoms with Crippen LogP contribution in [0.4, 0.5) is 10.1 Å². The third-order valence-corrected chi connectivity index (χ3v) is 7.59. The highest BCUT2D eigenvalue weighted by Gasteiger charge is 2.47. The summed E-state index contributed by atoms with van der Waals surface area (Å²) < 4.78 is 46.7. The van der Waals surface area contributed by atoms with Gasteiger partial charge in [0.15, 0.2) is 0 Å². The van der Waals surface area contributed by atoms with E-state index in [1.807, 2.05) is 0 Å². The number of sulfonamides is 1. The van der Waals surface area contributed by atoms with E-state index in [4.69, 9.17) is 16.3 Å². The number of benzene rings is 3. The van der Waals surface area contributed by atoms with Gasteiger partial charge in [0.2, 0.25) is 15.9 Å². The number of carbonyl (C=O) groups is 2. The summed E-state index contributed by atoms with van der Waals surface area (Å²) in [6.45, 7) is -0.231. The lowest BCUT2D eigenvalue weighted by Crippen LogP contribution is -2.45. The van der Waals surface area contributed by atoms with Gasteiger partial charge < -0.3 is 4.74 Å². The first kappa shape index (κ1) is 23.9. The molecular formula is C24H20ClFN2O5S. The van der Waals surface area contributed by atoms with Crippen molar-refractivity contribution < 1.29 is 27.1 Å². The van der Waals surface area contributed by atoms with Crippen LogP contribution < -0.4 is 9.64 Å². The van der Waals surface area contributed by atoms with Gasteiger partial charge in [-0.2, -0.15) is 4.31 Å². The quantitative estimate of drug-likeness (QED) is 0.456. The first-order valence-corrected chi connectivity index (χ1v) is 12.1. The maximum Gasteiger partial charge on any atom is 0.252 e. The molecule has 3 aromatic rings. The fourth-order valence-corrected chi connectivity index (χ4v) is 5.41. The van der Waals surface area contributed by atoms with Crippen LogP contribution >= 0.6 is 11.6 Å². The molecule has 1 heterocycles. The molecule has 0 bridgehead atoms. The SMILES string of the molecule is COc1ccc(N2C(=O)CC(N(Cc3ccc(F)cc3)S(=O)(=O)c3ccc(Cl)cc3)C2=O)cc1. The summed E-state index contributed by atoms with van der Waals surface area (Å²) in [5.41, 5.74) is 0.769. The minimum atomic E-state index is -4.22. The number of carbonyl (C=O) groups excluding carboxylic acids is 2. The molecule has 1 atom stereocenters. The fourth-order valence-electron chi connectivity index (χ4n) is 3.72. The van der Waals surface area contributed by atoms with E-state index in [1.165, 1.54) is 55.6 Å². The van der Waals surface area contributed by atoms with Crippen LogP contribution in [-0.4, -0.2) is 37.7 Å². The Morgan fingerprint density at radius 2 is 1.62 bits per heavy atom. The zero-order valence-electron chi connectivity index (χ0n) is 18.0. The largest absolute Gasteiger partial charge is 0.497 e. The predicted octanol–water partition coefficient (Wildman–Crippen LogP) is 4.01. The second-order valence-corrected chi connectivity index (χ2v) is 9.94. The number of nitrogens with zero attached hydrogens (tertiary/aromatic N) is 2. The lowest BCUT2D eigenvalue weighted by molar-refractivity contribution is -0.122. The molecule has 1 fully saturated rings. The number of anilines is 1. The van der Waals surface area contributed by atoms with E-state index < -0.39 is 33.7 Å². The van der Waals surface area contributed by atoms with Gasteiger partial charge in [-0.3, -0.25) is 9.59 Å². The average Bonchev–Trinajstić information content (AvgIpc) is 3.12. The molecule has 7 nitrogen and oxygen atoms in total. The smallest absolute Gasteiger partial charge is 0.252 e. The van der Waals surface area contributed by atoms with Crippen molar-refractivity contribution in [2.75, 3.05) is 12.0 Å². The maximum atomic E-state index is 13.6. The third kappa shape index (κ3) is 4.68. The Labute approximate surface area is 201 Å². The molecule has 1 saturated heterocycles. The first-order valence-electron chi connectivity index (χ1n) is 10.2. The summed E-state index contributed by atoms with van der Waals surface area (Å²) in [6.07, 6.45) is -0.334. The number of methoxy groups -OCH3 is 1. The Morgan fingerprint density at radius 1 is 1.00 bits per heavy atom. The zero-order chi connectivity index (χ0) is 24.5. The van der Waals surface area contributed by atoms with Crippen LogP contribution in [0.25, 0.3) is 0 Å². The van der Waals surface area contributed by atoms with Crippen LogP contribution in [0.2, 0.25) is 5.02 Å². The molecule has 0 aliphatic carbocycles. The van der Waals surface area contributed by atoms with Gasteiger partial charge in [-0.25, -0.2) is 17.7 Å². The van der Waals surface area contributed by atoms with Gasteiger partial charge in [-0.05, 0) is 66.2 Å². The monoisotopic (exact) mass is 502 g/mol. The van der Waals surface area contributed by atoms with Crippen LogP contribution in [0.3, 0.4) is 0 Å². The Morgan fingerprint density at radius 3 is 2.21 bits per heavy atom. The van der Waals surface area contributed by atoms with Crippen molar-refractivity contribution in [2.24, 2.45) is 0 Å². The van der Waals surface area contributed by atoms with Gasteiger partial charge >= 0.3 is 0 Å². The second-order valence-electron chi connectivity index (χ2n) is 7.62. The predicted molar refractivity (Wildman–Crippen MR) is 124 cm³/mol. The summed E-state index contributed by atoms with van der Waals surface area (Å²) in [6, 6.07) is 15.8. The standard InChI is InChI=1S/C24H20ClFN2O5S/c1-33-20-10-8-19(9-11-20)28-23(29)14-22(24(28)30)27(15-16-2-6-18(26)7-3-16)34(31,32)21-12-4-17(25)5-13-21/h2-13,22H,14-15H2,1H3. The number of rotatable bonds is 7. The number of halogens is 2. The molecule has 0 saturated carbocycles. The molecule has 176 valence electrons. The van der Waals surface area contributed by atoms with Crippen LogP contribution in [0.5, 0.6) is 5.75 Å². The maximum absolute atomic E-state index is 13.6. The van der Waals surface area contributed by atoms with Crippen LogP contribution in [0.15, 0.2) is 77.7 Å². The van der Waals surface area contributed by atoms with Crippen molar-refractivity contribution in [3.8, 4) is 5.75 Å². The van der Waals surface area contributed by atoms with E-state index >= 15 is 0 Å². The Balaban J connectivity index is 1.73. The lowest BCUT2D eigenvalue weighted by atomic mass is 10.2. The zero-order valence-corrected chi connectivity index (χ0v) is 19.6. The molecule has 0 radical (unpaired) electrons. The minimum Gasteiger partial charge on any atom is -0.497 e. The molecule has 0 aromatic heterocycles. The van der Waals surface area contributed by atoms with Gasteiger partial charge in [-0.1, -0.05) is 23.7 Å². The normalized spacial score (nSPS) is 16.4. The van der Waals surface area contributed by atoms with Crippen molar-refractivity contribution in [1.82, 2.24) is 4.31 Å². The molecule has 2 amide bonds. The summed E-state index contributed by atoms with van der Waals surface area (Å²) in [5.74, 6) is -1.14. The number of hydrogen-bond donors (Lipinski definition) is 0. The number of amides is 2. The van der Waals surface area contributed by atoms with Gasteiger partial charge in [-0.15, -0.1) is 0 Å². The van der Waals surface area contributed by atoms with Crippen molar-refractivity contribution in [1.29, 1.82) is 0 Å². The number of imide groups is 1. The molecule has 1 aliphatic rings. The van der Waals surface area contributed by atoms with Gasteiger partial charge in [0.25, 0.3) is 5.91 Å². The van der Waals surface area contributed by atoms with Gasteiger partial charge in [0.05, 0.1) is 24.1 Å². The molecule has 10 heteroatoms. The first-order chi connectivity index (χ1) is 16.2. The molecule has 4 rings (SSSR count). The van der Waals surface area contributed by atoms with Crippen LogP contribution in [-0.2, 0) is 26.2 Å². The van der Waals surface area contributed by atoms with E-state index in [0.717, 1.165) is 9.21 Å². The average molecular weight is 503 g/mol. The van der Waals surface area contributed by atoms with Crippen molar-refractivity contribution in [3.05, 3.63) is 89.2 Å². The van der Waals surface area contributed by atoms with E-state index in [0.29, 0.717) is 22.0 Å². The summed E-state index contributed by atoms with van der Waals surface area (Å²) in [7, 11) is -2.73. The lowest BCUT2D eigenvalue weighted by Gasteiger charge is -2.27. The molecule has 1 aliphatic heterocycles. The Kier molecular flexibility index (Phi) is 6.70. The fraction of sp³-hybridized carbons (Fsp3) is 0.167. The summed E-state index contributed by atoms with van der Waals surface area (Å²) in [4.78, 5) is 27.1. The summed E-state index contributed by atoms with van der Waals surface area (Å²) in [5, 5.41) is 0.349. The molecular weight excluding hydrogens is 483 g/mol. The number of ether oxygens (including phenoxy) is 1. The second kappa shape index (κ2) is 9.54. The van der Waals surface area contributed by atoms with Crippen molar-refractivity contribution in [3.63, 3.8) is 0 Å². The van der Waals surface area contributed by atoms with Crippen molar-refractivity contribution in [2.45, 2.75) is 23.9 Å². The summed E-state index contributed by atoms with van der Waals surface area (Å²) >= 11 is 5.91. The molecule has 34 heavy (non-hydrogen) atoms. The number of hydrogen-bond acceptors (Lipinski definition) is 5. The molecule has 1 unspecified atom stereocenters. The van der Waals surface area contributed by atoms with Crippen LogP contribution in [0.1, 0.15) is 12.0 Å². The van der Waals surface area contributed by atoms with Gasteiger partial charge in [0, 0.05) is 11.6 Å². The third-order valence-electron chi connectivity index (χ3n) is 5.47.